The Morgan fingerprint density at radius 2 is 2.20 bits per heavy atom. The second-order valence-electron chi connectivity index (χ2n) is 4.09. The summed E-state index contributed by atoms with van der Waals surface area (Å²) in [5.41, 5.74) is 0.793. The van der Waals surface area contributed by atoms with E-state index in [4.69, 9.17) is 4.74 Å². The van der Waals surface area contributed by atoms with Gasteiger partial charge in [-0.05, 0) is 63.7 Å². The standard InChI is InChI=1S/C13H14I2N2O2S/c1-2-11(20-7-8-6-16-13(18)17-8)19-10-5-3-4-9(14)12(10)15/h3-6,11H,2,7H2,1H3,(H2,16,17,18). The Morgan fingerprint density at radius 3 is 2.85 bits per heavy atom. The SMILES string of the molecule is CCC(Oc1cccc(I)c1I)SCc1c[nH]c(=O)[nH]1. The fourth-order valence-corrected chi connectivity index (χ4v) is 3.47. The zero-order valence-electron chi connectivity index (χ0n) is 10.8. The lowest BCUT2D eigenvalue weighted by Crippen LogP contribution is -2.12. The first-order chi connectivity index (χ1) is 9.60. The van der Waals surface area contributed by atoms with Crippen molar-refractivity contribution in [3.8, 4) is 5.75 Å². The molecular formula is C13H14I2N2O2S. The van der Waals surface area contributed by atoms with E-state index in [9.17, 15) is 4.79 Å². The van der Waals surface area contributed by atoms with Gasteiger partial charge in [-0.15, -0.1) is 11.8 Å². The molecule has 4 nitrogen and oxygen atoms in total. The first-order valence-electron chi connectivity index (χ1n) is 6.09. The summed E-state index contributed by atoms with van der Waals surface area (Å²) in [5.74, 6) is 1.64. The minimum absolute atomic E-state index is 0.0696. The summed E-state index contributed by atoms with van der Waals surface area (Å²) in [6, 6.07) is 6.06. The Bertz CT molecular complexity index is 627. The fourth-order valence-electron chi connectivity index (χ4n) is 1.58. The van der Waals surface area contributed by atoms with Gasteiger partial charge in [0.2, 0.25) is 0 Å². The van der Waals surface area contributed by atoms with Crippen molar-refractivity contribution in [1.29, 1.82) is 0 Å². The fraction of sp³-hybridized carbons (Fsp3) is 0.308. The lowest BCUT2D eigenvalue weighted by Gasteiger charge is -2.18. The zero-order valence-corrected chi connectivity index (χ0v) is 15.9. The van der Waals surface area contributed by atoms with Gasteiger partial charge in [-0.2, -0.15) is 0 Å². The van der Waals surface area contributed by atoms with E-state index < -0.39 is 0 Å². The molecule has 2 rings (SSSR count). The van der Waals surface area contributed by atoms with Gasteiger partial charge in [-0.1, -0.05) is 13.0 Å². The van der Waals surface area contributed by atoms with Crippen molar-refractivity contribution >= 4 is 56.9 Å². The average molecular weight is 516 g/mol. The number of aromatic nitrogens is 2. The molecule has 2 aromatic rings. The first-order valence-corrected chi connectivity index (χ1v) is 9.29. The molecule has 2 N–H and O–H groups in total. The van der Waals surface area contributed by atoms with Crippen molar-refractivity contribution in [3.63, 3.8) is 0 Å². The predicted molar refractivity (Wildman–Crippen MR) is 99.3 cm³/mol. The molecule has 108 valence electrons. The second-order valence-corrected chi connectivity index (χ2v) is 7.48. The summed E-state index contributed by atoms with van der Waals surface area (Å²) in [7, 11) is 0. The van der Waals surface area contributed by atoms with Crippen LogP contribution >= 0.6 is 56.9 Å². The minimum Gasteiger partial charge on any atom is -0.479 e. The molecule has 0 aliphatic carbocycles. The third-order valence-electron chi connectivity index (χ3n) is 2.58. The molecule has 0 aliphatic rings. The summed E-state index contributed by atoms with van der Waals surface area (Å²) < 4.78 is 8.38. The van der Waals surface area contributed by atoms with Crippen LogP contribution in [-0.2, 0) is 5.75 Å². The molecule has 0 saturated carbocycles. The number of rotatable bonds is 6. The lowest BCUT2D eigenvalue weighted by molar-refractivity contribution is 0.281. The maximum atomic E-state index is 11.0. The maximum absolute atomic E-state index is 11.0. The van der Waals surface area contributed by atoms with Crippen LogP contribution in [0, 0.1) is 7.14 Å². The van der Waals surface area contributed by atoms with E-state index in [0.717, 1.165) is 27.2 Å². The van der Waals surface area contributed by atoms with E-state index in [2.05, 4.69) is 68.1 Å². The predicted octanol–water partition coefficient (Wildman–Crippen LogP) is 3.96. The number of hydrogen-bond donors (Lipinski definition) is 2. The summed E-state index contributed by atoms with van der Waals surface area (Å²) in [6.45, 7) is 2.10. The molecule has 0 bridgehead atoms. The van der Waals surface area contributed by atoms with Gasteiger partial charge in [-0.25, -0.2) is 4.79 Å². The number of benzene rings is 1. The zero-order chi connectivity index (χ0) is 14.5. The number of aromatic amines is 2. The van der Waals surface area contributed by atoms with Gasteiger partial charge in [0.25, 0.3) is 0 Å². The molecule has 0 spiro atoms. The van der Waals surface area contributed by atoms with Crippen molar-refractivity contribution in [2.45, 2.75) is 24.5 Å². The third kappa shape index (κ3) is 4.42. The minimum atomic E-state index is -0.165. The number of ether oxygens (including phenoxy) is 1. The molecule has 1 aromatic heterocycles. The van der Waals surface area contributed by atoms with E-state index in [-0.39, 0.29) is 11.1 Å². The third-order valence-corrected chi connectivity index (χ3v) is 6.91. The Balaban J connectivity index is 1.98. The van der Waals surface area contributed by atoms with Crippen molar-refractivity contribution in [2.75, 3.05) is 0 Å². The van der Waals surface area contributed by atoms with Crippen LogP contribution in [0.15, 0.2) is 29.2 Å². The maximum Gasteiger partial charge on any atom is 0.323 e. The van der Waals surface area contributed by atoms with Gasteiger partial charge in [0.1, 0.15) is 11.2 Å². The summed E-state index contributed by atoms with van der Waals surface area (Å²) >= 11 is 6.29. The number of imidazole rings is 1. The van der Waals surface area contributed by atoms with Crippen LogP contribution in [0.1, 0.15) is 19.0 Å². The van der Waals surface area contributed by atoms with Gasteiger partial charge in [0, 0.05) is 21.2 Å². The molecule has 0 amide bonds. The molecule has 1 atom stereocenters. The van der Waals surface area contributed by atoms with E-state index in [1.807, 2.05) is 12.1 Å². The van der Waals surface area contributed by atoms with E-state index in [1.165, 1.54) is 3.57 Å². The van der Waals surface area contributed by atoms with Gasteiger partial charge in [0.05, 0.1) is 3.57 Å². The average Bonchev–Trinajstić information content (AvgIpc) is 2.85. The molecule has 0 aliphatic heterocycles. The number of hydrogen-bond acceptors (Lipinski definition) is 3. The molecule has 1 unspecified atom stereocenters. The summed E-state index contributed by atoms with van der Waals surface area (Å²) in [6.07, 6.45) is 2.61. The largest absolute Gasteiger partial charge is 0.479 e. The number of halogens is 2. The van der Waals surface area contributed by atoms with Crippen molar-refractivity contribution < 1.29 is 4.74 Å². The highest BCUT2D eigenvalue weighted by molar-refractivity contribution is 14.1. The summed E-state index contributed by atoms with van der Waals surface area (Å²) in [4.78, 5) is 16.4. The Kier molecular flexibility index (Phi) is 6.27. The van der Waals surface area contributed by atoms with Crippen LogP contribution in [-0.4, -0.2) is 15.4 Å². The molecule has 20 heavy (non-hydrogen) atoms. The van der Waals surface area contributed by atoms with Gasteiger partial charge < -0.3 is 14.7 Å². The van der Waals surface area contributed by atoms with Gasteiger partial charge in [-0.3, -0.25) is 0 Å². The highest BCUT2D eigenvalue weighted by Crippen LogP contribution is 2.29. The molecule has 0 radical (unpaired) electrons. The highest BCUT2D eigenvalue weighted by atomic mass is 127. The van der Waals surface area contributed by atoms with Crippen molar-refractivity contribution in [2.24, 2.45) is 0 Å². The topological polar surface area (TPSA) is 57.9 Å². The summed E-state index contributed by atoms with van der Waals surface area (Å²) in [5, 5.41) is 0. The van der Waals surface area contributed by atoms with E-state index in [1.54, 1.807) is 18.0 Å². The first kappa shape index (κ1) is 16.2. The molecule has 0 saturated heterocycles. The van der Waals surface area contributed by atoms with Crippen LogP contribution in [0.3, 0.4) is 0 Å². The van der Waals surface area contributed by atoms with Crippen molar-refractivity contribution in [1.82, 2.24) is 9.97 Å². The van der Waals surface area contributed by atoms with Crippen LogP contribution in [0.5, 0.6) is 5.75 Å². The lowest BCUT2D eigenvalue weighted by atomic mass is 10.3. The Labute approximate surface area is 148 Å². The Hall–Kier alpha value is -0.160. The van der Waals surface area contributed by atoms with Crippen LogP contribution in [0.25, 0.3) is 0 Å². The van der Waals surface area contributed by atoms with Crippen LogP contribution in [0.4, 0.5) is 0 Å². The number of thioether (sulfide) groups is 1. The molecule has 1 aromatic carbocycles. The number of H-pyrrole nitrogens is 2. The second kappa shape index (κ2) is 7.74. The van der Waals surface area contributed by atoms with E-state index >= 15 is 0 Å². The number of nitrogens with one attached hydrogen (secondary N) is 2. The van der Waals surface area contributed by atoms with Crippen LogP contribution < -0.4 is 10.4 Å². The van der Waals surface area contributed by atoms with Gasteiger partial charge in [0.15, 0.2) is 0 Å². The van der Waals surface area contributed by atoms with Gasteiger partial charge >= 0.3 is 5.69 Å². The monoisotopic (exact) mass is 516 g/mol. The smallest absolute Gasteiger partial charge is 0.323 e. The Morgan fingerprint density at radius 1 is 1.40 bits per heavy atom. The van der Waals surface area contributed by atoms with E-state index in [0.29, 0.717) is 0 Å². The molecule has 1 heterocycles. The highest BCUT2D eigenvalue weighted by Gasteiger charge is 2.13. The molecule has 0 fully saturated rings. The molecular weight excluding hydrogens is 502 g/mol. The normalized spacial score (nSPS) is 12.3. The van der Waals surface area contributed by atoms with Crippen molar-refractivity contribution in [3.05, 3.63) is 47.7 Å². The quantitative estimate of drug-likeness (QED) is 0.452. The van der Waals surface area contributed by atoms with Crippen LogP contribution in [0.2, 0.25) is 0 Å². The molecule has 7 heteroatoms.